The van der Waals surface area contributed by atoms with Crippen molar-refractivity contribution in [3.63, 3.8) is 0 Å². The lowest BCUT2D eigenvalue weighted by atomic mass is 10.0. The van der Waals surface area contributed by atoms with Crippen molar-refractivity contribution in [2.75, 3.05) is 19.7 Å². The maximum absolute atomic E-state index is 14.5. The van der Waals surface area contributed by atoms with Gasteiger partial charge in [-0.1, -0.05) is 11.6 Å². The van der Waals surface area contributed by atoms with Gasteiger partial charge in [-0.2, -0.15) is 0 Å². The topological polar surface area (TPSA) is 77.3 Å². The molecule has 1 aliphatic heterocycles. The minimum atomic E-state index is -2.67. The first kappa shape index (κ1) is 30.3. The van der Waals surface area contributed by atoms with Gasteiger partial charge in [0.2, 0.25) is 0 Å². The number of hydrogen-bond donors (Lipinski definition) is 0. The van der Waals surface area contributed by atoms with Crippen LogP contribution in [0.5, 0.6) is 5.75 Å². The molecule has 10 heteroatoms. The second-order valence-electron chi connectivity index (χ2n) is 10.8. The van der Waals surface area contributed by atoms with Crippen molar-refractivity contribution < 1.29 is 18.3 Å². The van der Waals surface area contributed by atoms with Crippen LogP contribution < -0.4 is 10.3 Å². The molecule has 1 aromatic carbocycles. The van der Waals surface area contributed by atoms with E-state index in [0.29, 0.717) is 58.7 Å². The van der Waals surface area contributed by atoms with Crippen LogP contribution in [0.1, 0.15) is 73.8 Å². The second-order valence-corrected chi connectivity index (χ2v) is 11.6. The van der Waals surface area contributed by atoms with Crippen molar-refractivity contribution in [3.05, 3.63) is 86.4 Å². The molecule has 224 valence electrons. The molecule has 0 bridgehead atoms. The Hall–Kier alpha value is -4.18. The van der Waals surface area contributed by atoms with Gasteiger partial charge in [0.25, 0.3) is 17.9 Å². The van der Waals surface area contributed by atoms with Gasteiger partial charge in [-0.3, -0.25) is 19.1 Å². The Morgan fingerprint density at radius 3 is 2.53 bits per heavy atom. The predicted octanol–water partition coefficient (Wildman–Crippen LogP) is 7.72. The Kier molecular flexibility index (Phi) is 9.15. The van der Waals surface area contributed by atoms with Crippen molar-refractivity contribution in [2.24, 2.45) is 0 Å². The first-order valence-electron chi connectivity index (χ1n) is 14.4. The zero-order valence-corrected chi connectivity index (χ0v) is 25.5. The smallest absolute Gasteiger partial charge is 0.280 e. The van der Waals surface area contributed by atoms with E-state index >= 15 is 0 Å². The maximum atomic E-state index is 14.5. The van der Waals surface area contributed by atoms with Crippen LogP contribution in [0.4, 0.5) is 8.78 Å². The minimum absolute atomic E-state index is 0.142. The molecule has 0 atom stereocenters. The van der Waals surface area contributed by atoms with E-state index in [4.69, 9.17) is 9.72 Å². The number of nitrogens with zero attached hydrogens (tertiary/aromatic N) is 4. The number of alkyl halides is 2. The first-order chi connectivity index (χ1) is 20.7. The summed E-state index contributed by atoms with van der Waals surface area (Å²) in [6.45, 7) is 9.38. The number of halogens is 2. The van der Waals surface area contributed by atoms with E-state index < -0.39 is 6.43 Å². The number of rotatable bonds is 8. The number of carbonyl (C=O) groups excluding carboxylic acids is 1. The monoisotopic (exact) mass is 604 g/mol. The van der Waals surface area contributed by atoms with Gasteiger partial charge in [0.05, 0.1) is 34.8 Å². The number of hydrogen-bond acceptors (Lipinski definition) is 6. The number of aromatic nitrogens is 3. The fourth-order valence-electron chi connectivity index (χ4n) is 5.17. The van der Waals surface area contributed by atoms with E-state index in [9.17, 15) is 18.4 Å². The second kappa shape index (κ2) is 13.0. The molecule has 0 aliphatic carbocycles. The van der Waals surface area contributed by atoms with Gasteiger partial charge in [0, 0.05) is 30.2 Å². The van der Waals surface area contributed by atoms with Crippen molar-refractivity contribution in [3.8, 4) is 33.3 Å². The Labute approximate surface area is 253 Å². The first-order valence-corrected chi connectivity index (χ1v) is 15.2. The highest BCUT2D eigenvalue weighted by Crippen LogP contribution is 2.33. The highest BCUT2D eigenvalue weighted by atomic mass is 32.1. The van der Waals surface area contributed by atoms with Gasteiger partial charge < -0.3 is 9.64 Å². The SMILES string of the molecule is CCOc1ccc(C)cc1-n1c(C=C(C)C)c(C(=O)N2CCCCC2)cc(-c2nc(-c3ccc(C(F)F)nc3)cs2)c1=O. The number of piperidine rings is 1. The number of allylic oxidation sites excluding steroid dienone is 1. The molecule has 1 aliphatic rings. The average Bonchev–Trinajstić information content (AvgIpc) is 3.48. The molecule has 3 aromatic heterocycles. The van der Waals surface area contributed by atoms with Crippen LogP contribution in [-0.4, -0.2) is 45.0 Å². The van der Waals surface area contributed by atoms with E-state index in [0.717, 1.165) is 30.4 Å². The highest BCUT2D eigenvalue weighted by molar-refractivity contribution is 7.13. The van der Waals surface area contributed by atoms with Crippen LogP contribution in [0.15, 0.2) is 58.3 Å². The van der Waals surface area contributed by atoms with E-state index in [-0.39, 0.29) is 22.7 Å². The van der Waals surface area contributed by atoms with Crippen molar-refractivity contribution in [1.29, 1.82) is 0 Å². The van der Waals surface area contributed by atoms with E-state index in [1.807, 2.05) is 56.9 Å². The van der Waals surface area contributed by atoms with Gasteiger partial charge in [0.15, 0.2) is 0 Å². The molecule has 4 aromatic rings. The van der Waals surface area contributed by atoms with Crippen LogP contribution in [0.25, 0.3) is 33.6 Å². The van der Waals surface area contributed by atoms with Gasteiger partial charge in [-0.05, 0) is 88.9 Å². The Morgan fingerprint density at radius 2 is 1.88 bits per heavy atom. The van der Waals surface area contributed by atoms with Gasteiger partial charge in [0.1, 0.15) is 16.5 Å². The maximum Gasteiger partial charge on any atom is 0.280 e. The number of likely N-dealkylation sites (tertiary alicyclic amines) is 1. The largest absolute Gasteiger partial charge is 0.492 e. The summed E-state index contributed by atoms with van der Waals surface area (Å²) in [5.74, 6) is 0.383. The summed E-state index contributed by atoms with van der Waals surface area (Å²) in [6.07, 6.45) is 3.48. The molecule has 0 spiro atoms. The molecule has 1 saturated heterocycles. The third-order valence-corrected chi connectivity index (χ3v) is 8.11. The molecule has 1 fully saturated rings. The number of ether oxygens (including phenoxy) is 1. The normalized spacial score (nSPS) is 13.3. The van der Waals surface area contributed by atoms with Crippen LogP contribution >= 0.6 is 11.3 Å². The summed E-state index contributed by atoms with van der Waals surface area (Å²) in [5, 5.41) is 2.17. The van der Waals surface area contributed by atoms with Crippen molar-refractivity contribution in [1.82, 2.24) is 19.4 Å². The molecule has 0 N–H and O–H groups in total. The van der Waals surface area contributed by atoms with E-state index in [2.05, 4.69) is 4.98 Å². The molecule has 5 rings (SSSR count). The van der Waals surface area contributed by atoms with Crippen LogP contribution in [0.3, 0.4) is 0 Å². The number of carbonyl (C=O) groups is 1. The quantitative estimate of drug-likeness (QED) is 0.206. The standard InChI is InChI=1S/C33H34F2N4O3S/c1-5-42-29-12-9-21(4)16-28(29)39-27(15-20(2)3)23(32(40)38-13-7-6-8-14-38)17-24(33(39)41)31-37-26(19-43-31)22-10-11-25(30(34)35)36-18-22/h9-12,15-19,30H,5-8,13-14H2,1-4H3. The molecular formula is C33H34F2N4O3S. The summed E-state index contributed by atoms with van der Waals surface area (Å²) >= 11 is 1.25. The summed E-state index contributed by atoms with van der Waals surface area (Å²) in [4.78, 5) is 39.0. The Balaban J connectivity index is 1.76. The minimum Gasteiger partial charge on any atom is -0.492 e. The molecule has 4 heterocycles. The van der Waals surface area contributed by atoms with Crippen LogP contribution in [-0.2, 0) is 0 Å². The van der Waals surface area contributed by atoms with E-state index in [1.54, 1.807) is 16.0 Å². The summed E-state index contributed by atoms with van der Waals surface area (Å²) in [7, 11) is 0. The molecular weight excluding hydrogens is 570 g/mol. The molecule has 43 heavy (non-hydrogen) atoms. The van der Waals surface area contributed by atoms with Gasteiger partial charge in [-0.15, -0.1) is 11.3 Å². The number of amides is 1. The van der Waals surface area contributed by atoms with Gasteiger partial charge >= 0.3 is 0 Å². The van der Waals surface area contributed by atoms with Gasteiger partial charge in [-0.25, -0.2) is 13.8 Å². The molecule has 1 amide bonds. The van der Waals surface area contributed by atoms with Crippen molar-refractivity contribution >= 4 is 23.3 Å². The lowest BCUT2D eigenvalue weighted by molar-refractivity contribution is 0.0723. The number of benzene rings is 1. The van der Waals surface area contributed by atoms with Crippen LogP contribution in [0, 0.1) is 6.92 Å². The van der Waals surface area contributed by atoms with E-state index in [1.165, 1.54) is 29.7 Å². The molecule has 7 nitrogen and oxygen atoms in total. The zero-order valence-electron chi connectivity index (χ0n) is 24.7. The average molecular weight is 605 g/mol. The number of aryl methyl sites for hydroxylation is 1. The fraction of sp³-hybridized carbons (Fsp3) is 0.333. The summed E-state index contributed by atoms with van der Waals surface area (Å²) in [5.41, 5.74) is 3.94. The third-order valence-electron chi connectivity index (χ3n) is 7.23. The highest BCUT2D eigenvalue weighted by Gasteiger charge is 2.27. The lowest BCUT2D eigenvalue weighted by Crippen LogP contribution is -2.37. The number of thiazole rings is 1. The Morgan fingerprint density at radius 1 is 1.12 bits per heavy atom. The fourth-order valence-corrected chi connectivity index (χ4v) is 6.01. The number of pyridine rings is 2. The lowest BCUT2D eigenvalue weighted by Gasteiger charge is -2.28. The van der Waals surface area contributed by atoms with Crippen molar-refractivity contribution in [2.45, 2.75) is 53.4 Å². The molecule has 0 unspecified atom stereocenters. The zero-order chi connectivity index (χ0) is 30.7. The van der Waals surface area contributed by atoms with Crippen LogP contribution in [0.2, 0.25) is 0 Å². The third kappa shape index (κ3) is 6.44. The summed E-state index contributed by atoms with van der Waals surface area (Å²) < 4.78 is 33.6. The summed E-state index contributed by atoms with van der Waals surface area (Å²) in [6, 6.07) is 10.1. The molecule has 0 saturated carbocycles. The predicted molar refractivity (Wildman–Crippen MR) is 166 cm³/mol. The molecule has 0 radical (unpaired) electrons. The Bertz CT molecular complexity index is 1720.